The third kappa shape index (κ3) is 2.55. The summed E-state index contributed by atoms with van der Waals surface area (Å²) in [7, 11) is 0. The number of nitrogens with one attached hydrogen (secondary N) is 1. The van der Waals surface area contributed by atoms with Gasteiger partial charge in [-0.25, -0.2) is 9.97 Å². The molecule has 18 heavy (non-hydrogen) atoms. The van der Waals surface area contributed by atoms with Crippen molar-refractivity contribution in [2.75, 3.05) is 5.32 Å². The molecule has 0 amide bonds. The van der Waals surface area contributed by atoms with Gasteiger partial charge in [0, 0.05) is 23.2 Å². The summed E-state index contributed by atoms with van der Waals surface area (Å²) in [6.45, 7) is 0.691. The van der Waals surface area contributed by atoms with Crippen LogP contribution >= 0.6 is 22.7 Å². The fraction of sp³-hybridized carbons (Fsp3) is 0.0833. The van der Waals surface area contributed by atoms with E-state index in [0.29, 0.717) is 6.54 Å². The Balaban J connectivity index is 1.70. The molecule has 0 aromatic carbocycles. The second kappa shape index (κ2) is 5.24. The highest BCUT2D eigenvalue weighted by atomic mass is 32.1. The van der Waals surface area contributed by atoms with Gasteiger partial charge in [0.2, 0.25) is 0 Å². The van der Waals surface area contributed by atoms with Crippen LogP contribution in [-0.4, -0.2) is 15.0 Å². The molecule has 0 fully saturated rings. The van der Waals surface area contributed by atoms with Crippen LogP contribution in [0.3, 0.4) is 0 Å². The number of thiazole rings is 2. The van der Waals surface area contributed by atoms with E-state index in [0.717, 1.165) is 21.5 Å². The Morgan fingerprint density at radius 2 is 2.11 bits per heavy atom. The first-order chi connectivity index (χ1) is 8.92. The van der Waals surface area contributed by atoms with E-state index in [1.807, 2.05) is 29.0 Å². The van der Waals surface area contributed by atoms with Gasteiger partial charge in [-0.15, -0.1) is 22.7 Å². The molecule has 3 rings (SSSR count). The van der Waals surface area contributed by atoms with Gasteiger partial charge < -0.3 is 5.32 Å². The first-order valence-corrected chi connectivity index (χ1v) is 7.17. The molecule has 0 aliphatic carbocycles. The lowest BCUT2D eigenvalue weighted by Gasteiger charge is -1.98. The minimum absolute atomic E-state index is 0.691. The van der Waals surface area contributed by atoms with Crippen molar-refractivity contribution < 1.29 is 0 Å². The van der Waals surface area contributed by atoms with E-state index in [2.05, 4.69) is 20.3 Å². The zero-order chi connectivity index (χ0) is 12.2. The molecule has 0 bridgehead atoms. The first kappa shape index (κ1) is 11.3. The molecule has 4 nitrogen and oxygen atoms in total. The first-order valence-electron chi connectivity index (χ1n) is 5.41. The Hall–Kier alpha value is -1.79. The van der Waals surface area contributed by atoms with Crippen molar-refractivity contribution in [3.05, 3.63) is 47.0 Å². The minimum atomic E-state index is 0.691. The maximum absolute atomic E-state index is 4.55. The highest BCUT2D eigenvalue weighted by Crippen LogP contribution is 2.22. The number of pyridine rings is 1. The van der Waals surface area contributed by atoms with Gasteiger partial charge in [0.25, 0.3) is 0 Å². The van der Waals surface area contributed by atoms with Gasteiger partial charge in [0.1, 0.15) is 5.01 Å². The zero-order valence-corrected chi connectivity index (χ0v) is 11.0. The molecule has 1 N–H and O–H groups in total. The summed E-state index contributed by atoms with van der Waals surface area (Å²) in [4.78, 5) is 13.0. The Labute approximate surface area is 112 Å². The molecule has 6 heteroatoms. The van der Waals surface area contributed by atoms with Gasteiger partial charge in [0.05, 0.1) is 17.9 Å². The molecule has 0 aliphatic heterocycles. The monoisotopic (exact) mass is 274 g/mol. The molecule has 0 radical (unpaired) electrons. The number of hydrogen-bond acceptors (Lipinski definition) is 6. The van der Waals surface area contributed by atoms with Crippen molar-refractivity contribution in [1.82, 2.24) is 15.0 Å². The summed E-state index contributed by atoms with van der Waals surface area (Å²) in [5.74, 6) is 0. The van der Waals surface area contributed by atoms with Gasteiger partial charge >= 0.3 is 0 Å². The van der Waals surface area contributed by atoms with Crippen molar-refractivity contribution in [2.24, 2.45) is 0 Å². The van der Waals surface area contributed by atoms with Gasteiger partial charge in [-0.05, 0) is 12.1 Å². The maximum Gasteiger partial charge on any atom is 0.182 e. The Morgan fingerprint density at radius 1 is 1.11 bits per heavy atom. The molecular formula is C12H10N4S2. The largest absolute Gasteiger partial charge is 0.356 e. The normalized spacial score (nSPS) is 10.4. The lowest BCUT2D eigenvalue weighted by Crippen LogP contribution is -1.98. The number of nitrogens with zero attached hydrogens (tertiary/aromatic N) is 3. The van der Waals surface area contributed by atoms with E-state index in [-0.39, 0.29) is 0 Å². The zero-order valence-electron chi connectivity index (χ0n) is 9.41. The van der Waals surface area contributed by atoms with Gasteiger partial charge in [0.15, 0.2) is 5.13 Å². The Morgan fingerprint density at radius 3 is 2.89 bits per heavy atom. The standard InChI is InChI=1S/C12H10N4S2/c1-2-4-13-10(3-1)11-16-9(8-18-11)7-15-12-14-5-6-17-12/h1-6,8H,7H2,(H,14,15). The maximum atomic E-state index is 4.55. The molecular weight excluding hydrogens is 264 g/mol. The molecule has 0 aliphatic rings. The summed E-state index contributed by atoms with van der Waals surface area (Å²) in [5.41, 5.74) is 1.93. The topological polar surface area (TPSA) is 50.7 Å². The van der Waals surface area contributed by atoms with E-state index in [1.165, 1.54) is 0 Å². The Kier molecular flexibility index (Phi) is 3.29. The summed E-state index contributed by atoms with van der Waals surface area (Å²) in [6, 6.07) is 5.84. The summed E-state index contributed by atoms with van der Waals surface area (Å²) >= 11 is 3.20. The van der Waals surface area contributed by atoms with Crippen LogP contribution in [-0.2, 0) is 6.54 Å². The van der Waals surface area contributed by atoms with E-state index >= 15 is 0 Å². The average molecular weight is 274 g/mol. The molecule has 3 heterocycles. The number of aromatic nitrogens is 3. The lowest BCUT2D eigenvalue weighted by molar-refractivity contribution is 1.07. The van der Waals surface area contributed by atoms with E-state index in [1.54, 1.807) is 35.1 Å². The van der Waals surface area contributed by atoms with Crippen LogP contribution < -0.4 is 5.32 Å². The smallest absolute Gasteiger partial charge is 0.182 e. The predicted molar refractivity (Wildman–Crippen MR) is 74.8 cm³/mol. The van der Waals surface area contributed by atoms with E-state index < -0.39 is 0 Å². The van der Waals surface area contributed by atoms with E-state index in [4.69, 9.17) is 0 Å². The summed E-state index contributed by atoms with van der Waals surface area (Å²) in [5, 5.41) is 9.10. The fourth-order valence-corrected chi connectivity index (χ4v) is 2.79. The third-order valence-electron chi connectivity index (χ3n) is 2.29. The van der Waals surface area contributed by atoms with Crippen molar-refractivity contribution >= 4 is 27.8 Å². The molecule has 0 unspecified atom stereocenters. The summed E-state index contributed by atoms with van der Waals surface area (Å²) in [6.07, 6.45) is 3.57. The quantitative estimate of drug-likeness (QED) is 0.793. The molecule has 3 aromatic heterocycles. The van der Waals surface area contributed by atoms with Crippen LogP contribution in [0.2, 0.25) is 0 Å². The van der Waals surface area contributed by atoms with E-state index in [9.17, 15) is 0 Å². The van der Waals surface area contributed by atoms with Crippen LogP contribution in [0.25, 0.3) is 10.7 Å². The minimum Gasteiger partial charge on any atom is -0.356 e. The third-order valence-corrected chi connectivity index (χ3v) is 3.93. The molecule has 0 spiro atoms. The van der Waals surface area contributed by atoms with Gasteiger partial charge in [-0.1, -0.05) is 6.07 Å². The fourth-order valence-electron chi connectivity index (χ4n) is 1.47. The number of rotatable bonds is 4. The van der Waals surface area contributed by atoms with Gasteiger partial charge in [-0.3, -0.25) is 4.98 Å². The number of hydrogen-bond donors (Lipinski definition) is 1. The molecule has 0 saturated carbocycles. The Bertz CT molecular complexity index is 604. The second-order valence-corrected chi connectivity index (χ2v) is 5.30. The van der Waals surface area contributed by atoms with Crippen molar-refractivity contribution in [1.29, 1.82) is 0 Å². The van der Waals surface area contributed by atoms with Crippen LogP contribution in [0, 0.1) is 0 Å². The van der Waals surface area contributed by atoms with Crippen molar-refractivity contribution in [3.63, 3.8) is 0 Å². The second-order valence-electron chi connectivity index (χ2n) is 3.55. The molecule has 0 saturated heterocycles. The lowest BCUT2D eigenvalue weighted by atomic mass is 10.4. The molecule has 0 atom stereocenters. The highest BCUT2D eigenvalue weighted by Gasteiger charge is 2.05. The van der Waals surface area contributed by atoms with Crippen molar-refractivity contribution in [3.8, 4) is 10.7 Å². The SMILES string of the molecule is c1ccc(-c2nc(CNc3nccs3)cs2)nc1. The van der Waals surface area contributed by atoms with Crippen LogP contribution in [0.4, 0.5) is 5.13 Å². The summed E-state index contributed by atoms with van der Waals surface area (Å²) < 4.78 is 0. The van der Waals surface area contributed by atoms with Crippen LogP contribution in [0.5, 0.6) is 0 Å². The van der Waals surface area contributed by atoms with Crippen molar-refractivity contribution in [2.45, 2.75) is 6.54 Å². The number of anilines is 1. The van der Waals surface area contributed by atoms with Crippen LogP contribution in [0.15, 0.2) is 41.4 Å². The van der Waals surface area contributed by atoms with Gasteiger partial charge in [-0.2, -0.15) is 0 Å². The van der Waals surface area contributed by atoms with Crippen LogP contribution in [0.1, 0.15) is 5.69 Å². The highest BCUT2D eigenvalue weighted by molar-refractivity contribution is 7.13. The predicted octanol–water partition coefficient (Wildman–Crippen LogP) is 3.27. The average Bonchev–Trinajstić information content (AvgIpc) is 3.09. The molecule has 90 valence electrons. The molecule has 3 aromatic rings.